The summed E-state index contributed by atoms with van der Waals surface area (Å²) in [5.41, 5.74) is 1.94. The van der Waals surface area contributed by atoms with E-state index >= 15 is 0 Å². The minimum absolute atomic E-state index is 0.146. The van der Waals surface area contributed by atoms with Crippen LogP contribution >= 0.6 is 0 Å². The van der Waals surface area contributed by atoms with Gasteiger partial charge in [0.2, 0.25) is 0 Å². The van der Waals surface area contributed by atoms with E-state index < -0.39 is 6.36 Å². The molecule has 0 saturated heterocycles. The molecule has 0 saturated carbocycles. The van der Waals surface area contributed by atoms with Crippen molar-refractivity contribution in [2.75, 3.05) is 0 Å². The minimum atomic E-state index is -4.62. The monoisotopic (exact) mass is 260 g/mol. The van der Waals surface area contributed by atoms with Crippen LogP contribution in [0.3, 0.4) is 0 Å². The van der Waals surface area contributed by atoms with Crippen LogP contribution in [0.1, 0.15) is 37.8 Å². The number of hydrogen-bond acceptors (Lipinski definition) is 1. The number of rotatable bonds is 5. The summed E-state index contributed by atoms with van der Waals surface area (Å²) in [6.45, 7) is 6.13. The summed E-state index contributed by atoms with van der Waals surface area (Å²) in [7, 11) is 0. The number of hydrogen-bond donors (Lipinski definition) is 0. The molecule has 0 bridgehead atoms. The Morgan fingerprint density at radius 2 is 1.94 bits per heavy atom. The molecule has 1 aromatic carbocycles. The molecule has 1 rings (SSSR count). The molecule has 1 nitrogen and oxygen atoms in total. The molecule has 0 aliphatic heterocycles. The Morgan fingerprint density at radius 3 is 2.44 bits per heavy atom. The highest BCUT2D eigenvalue weighted by Crippen LogP contribution is 2.25. The zero-order chi connectivity index (χ0) is 13.8. The first-order chi connectivity index (χ1) is 8.31. The lowest BCUT2D eigenvalue weighted by atomic mass is 9.96. The van der Waals surface area contributed by atoms with Crippen molar-refractivity contribution in [1.82, 2.24) is 0 Å². The molecular formula is C14H19F3O. The summed E-state index contributed by atoms with van der Waals surface area (Å²) in [4.78, 5) is 0. The van der Waals surface area contributed by atoms with Crippen LogP contribution in [-0.4, -0.2) is 6.36 Å². The molecule has 18 heavy (non-hydrogen) atoms. The SMILES string of the molecule is CCC(C)CCc1ccc(OC(F)(F)F)cc1C. The summed E-state index contributed by atoms with van der Waals surface area (Å²) >= 11 is 0. The van der Waals surface area contributed by atoms with Crippen LogP contribution < -0.4 is 4.74 Å². The fourth-order valence-corrected chi connectivity index (χ4v) is 1.75. The summed E-state index contributed by atoms with van der Waals surface area (Å²) in [5, 5.41) is 0. The zero-order valence-electron chi connectivity index (χ0n) is 11.0. The Kier molecular flexibility index (Phi) is 5.05. The molecular weight excluding hydrogens is 241 g/mol. The van der Waals surface area contributed by atoms with Gasteiger partial charge in [-0.1, -0.05) is 26.3 Å². The zero-order valence-corrected chi connectivity index (χ0v) is 11.0. The topological polar surface area (TPSA) is 9.23 Å². The van der Waals surface area contributed by atoms with Gasteiger partial charge in [0.05, 0.1) is 0 Å². The van der Waals surface area contributed by atoms with Crippen molar-refractivity contribution in [2.45, 2.75) is 46.4 Å². The number of alkyl halides is 3. The summed E-state index contributed by atoms with van der Waals surface area (Å²) < 4.78 is 40.0. The summed E-state index contributed by atoms with van der Waals surface area (Å²) in [6, 6.07) is 4.55. The van der Waals surface area contributed by atoms with Gasteiger partial charge in [0, 0.05) is 0 Å². The lowest BCUT2D eigenvalue weighted by Crippen LogP contribution is -2.17. The Balaban J connectivity index is 2.68. The molecule has 0 heterocycles. The van der Waals surface area contributed by atoms with Crippen molar-refractivity contribution in [3.63, 3.8) is 0 Å². The maximum absolute atomic E-state index is 12.1. The molecule has 0 radical (unpaired) electrons. The molecule has 0 fully saturated rings. The molecule has 0 aliphatic rings. The number of ether oxygens (including phenoxy) is 1. The van der Waals surface area contributed by atoms with Gasteiger partial charge in [-0.15, -0.1) is 13.2 Å². The Bertz CT molecular complexity index is 385. The van der Waals surface area contributed by atoms with Gasteiger partial charge in [-0.25, -0.2) is 0 Å². The van der Waals surface area contributed by atoms with E-state index in [-0.39, 0.29) is 5.75 Å². The standard InChI is InChI=1S/C14H19F3O/c1-4-10(2)5-6-12-7-8-13(9-11(12)3)18-14(15,16)17/h7-10H,4-6H2,1-3H3. The summed E-state index contributed by atoms with van der Waals surface area (Å²) in [5.74, 6) is 0.489. The molecule has 1 aromatic rings. The summed E-state index contributed by atoms with van der Waals surface area (Å²) in [6.07, 6.45) is -1.55. The largest absolute Gasteiger partial charge is 0.573 e. The third kappa shape index (κ3) is 4.98. The predicted molar refractivity (Wildman–Crippen MR) is 65.6 cm³/mol. The van der Waals surface area contributed by atoms with Crippen molar-refractivity contribution < 1.29 is 17.9 Å². The molecule has 0 aromatic heterocycles. The van der Waals surface area contributed by atoms with E-state index in [1.165, 1.54) is 12.1 Å². The second-order valence-corrected chi connectivity index (χ2v) is 4.69. The van der Waals surface area contributed by atoms with Gasteiger partial charge >= 0.3 is 6.36 Å². The van der Waals surface area contributed by atoms with Crippen LogP contribution in [0.25, 0.3) is 0 Å². The maximum atomic E-state index is 12.1. The average molecular weight is 260 g/mol. The van der Waals surface area contributed by atoms with Gasteiger partial charge in [0.15, 0.2) is 0 Å². The molecule has 0 amide bonds. The Hall–Kier alpha value is -1.19. The van der Waals surface area contributed by atoms with E-state index in [1.54, 1.807) is 6.07 Å². The van der Waals surface area contributed by atoms with Crippen LogP contribution in [0.15, 0.2) is 18.2 Å². The molecule has 0 N–H and O–H groups in total. The second-order valence-electron chi connectivity index (χ2n) is 4.69. The van der Waals surface area contributed by atoms with Gasteiger partial charge in [0.1, 0.15) is 5.75 Å². The fourth-order valence-electron chi connectivity index (χ4n) is 1.75. The van der Waals surface area contributed by atoms with Crippen molar-refractivity contribution >= 4 is 0 Å². The quantitative estimate of drug-likeness (QED) is 0.733. The Labute approximate surface area is 106 Å². The minimum Gasteiger partial charge on any atom is -0.406 e. The van der Waals surface area contributed by atoms with Gasteiger partial charge < -0.3 is 4.74 Å². The smallest absolute Gasteiger partial charge is 0.406 e. The van der Waals surface area contributed by atoms with Gasteiger partial charge in [0.25, 0.3) is 0 Å². The maximum Gasteiger partial charge on any atom is 0.573 e. The van der Waals surface area contributed by atoms with Crippen molar-refractivity contribution in [1.29, 1.82) is 0 Å². The normalized spacial score (nSPS) is 13.4. The number of benzene rings is 1. The number of halogens is 3. The van der Waals surface area contributed by atoms with Gasteiger partial charge in [-0.3, -0.25) is 0 Å². The molecule has 1 atom stereocenters. The van der Waals surface area contributed by atoms with E-state index in [0.29, 0.717) is 5.92 Å². The van der Waals surface area contributed by atoms with E-state index in [0.717, 1.165) is 30.4 Å². The molecule has 0 spiro atoms. The first-order valence-corrected chi connectivity index (χ1v) is 6.17. The molecule has 102 valence electrons. The van der Waals surface area contributed by atoms with Crippen LogP contribution in [-0.2, 0) is 6.42 Å². The third-order valence-electron chi connectivity index (χ3n) is 3.15. The third-order valence-corrected chi connectivity index (χ3v) is 3.15. The van der Waals surface area contributed by atoms with Crippen LogP contribution in [0.4, 0.5) is 13.2 Å². The first-order valence-electron chi connectivity index (χ1n) is 6.17. The van der Waals surface area contributed by atoms with Gasteiger partial charge in [-0.2, -0.15) is 0 Å². The van der Waals surface area contributed by atoms with Crippen LogP contribution in [0.5, 0.6) is 5.75 Å². The van der Waals surface area contributed by atoms with E-state index in [4.69, 9.17) is 0 Å². The average Bonchev–Trinajstić information content (AvgIpc) is 2.25. The lowest BCUT2D eigenvalue weighted by Gasteiger charge is -2.13. The van der Waals surface area contributed by atoms with Crippen molar-refractivity contribution in [3.05, 3.63) is 29.3 Å². The highest BCUT2D eigenvalue weighted by Gasteiger charge is 2.31. The fraction of sp³-hybridized carbons (Fsp3) is 0.571. The Morgan fingerprint density at radius 1 is 1.28 bits per heavy atom. The number of aryl methyl sites for hydroxylation is 2. The van der Waals surface area contributed by atoms with Crippen LogP contribution in [0.2, 0.25) is 0 Å². The van der Waals surface area contributed by atoms with Crippen molar-refractivity contribution in [3.8, 4) is 5.75 Å². The molecule has 0 aliphatic carbocycles. The van der Waals surface area contributed by atoms with E-state index in [2.05, 4.69) is 18.6 Å². The van der Waals surface area contributed by atoms with Crippen molar-refractivity contribution in [2.24, 2.45) is 5.92 Å². The second kappa shape index (κ2) is 6.12. The highest BCUT2D eigenvalue weighted by atomic mass is 19.4. The highest BCUT2D eigenvalue weighted by molar-refractivity contribution is 5.35. The van der Waals surface area contributed by atoms with Gasteiger partial charge in [-0.05, 0) is 48.9 Å². The molecule has 1 unspecified atom stereocenters. The lowest BCUT2D eigenvalue weighted by molar-refractivity contribution is -0.274. The van der Waals surface area contributed by atoms with Crippen LogP contribution in [0, 0.1) is 12.8 Å². The first kappa shape index (κ1) is 14.9. The molecule has 4 heteroatoms. The van der Waals surface area contributed by atoms with E-state index in [9.17, 15) is 13.2 Å². The van der Waals surface area contributed by atoms with E-state index in [1.807, 2.05) is 6.92 Å². The predicted octanol–water partition coefficient (Wildman–Crippen LogP) is 4.87.